The minimum absolute atomic E-state index is 0.0937. The minimum atomic E-state index is -0.518. The van der Waals surface area contributed by atoms with E-state index in [2.05, 4.69) is 19.2 Å². The highest BCUT2D eigenvalue weighted by Crippen LogP contribution is 2.23. The summed E-state index contributed by atoms with van der Waals surface area (Å²) in [5, 5.41) is 23.0. The van der Waals surface area contributed by atoms with Gasteiger partial charge in [-0.3, -0.25) is 10.1 Å². The van der Waals surface area contributed by atoms with Gasteiger partial charge in [-0.1, -0.05) is 32.6 Å². The fourth-order valence-corrected chi connectivity index (χ4v) is 2.10. The summed E-state index contributed by atoms with van der Waals surface area (Å²) in [6.07, 6.45) is 5.86. The number of hydrogen-bond acceptors (Lipinski definition) is 4. The number of hydrogen-bond donors (Lipinski definition) is 1. The minimum Gasteiger partial charge on any atom is -0.382 e. The number of nitro benzene ring substituents is 1. The molecular weight excluding hydrogens is 254 g/mol. The lowest BCUT2D eigenvalue weighted by molar-refractivity contribution is -0.385. The highest BCUT2D eigenvalue weighted by atomic mass is 16.6. The number of nitrogens with zero attached hydrogens (tertiary/aromatic N) is 2. The van der Waals surface area contributed by atoms with Crippen molar-refractivity contribution in [2.24, 2.45) is 0 Å². The molecule has 0 saturated carbocycles. The highest BCUT2D eigenvalue weighted by molar-refractivity contribution is 5.59. The van der Waals surface area contributed by atoms with Crippen LogP contribution < -0.4 is 5.32 Å². The molecule has 0 bridgehead atoms. The van der Waals surface area contributed by atoms with E-state index in [-0.39, 0.29) is 17.3 Å². The fraction of sp³-hybridized carbons (Fsp3) is 0.533. The van der Waals surface area contributed by atoms with Crippen molar-refractivity contribution in [2.75, 3.05) is 5.32 Å². The molecule has 0 spiro atoms. The normalized spacial score (nSPS) is 11.7. The van der Waals surface area contributed by atoms with Gasteiger partial charge in [0, 0.05) is 17.8 Å². The van der Waals surface area contributed by atoms with Gasteiger partial charge < -0.3 is 5.32 Å². The Labute approximate surface area is 119 Å². The van der Waals surface area contributed by atoms with Gasteiger partial charge >= 0.3 is 0 Å². The lowest BCUT2D eigenvalue weighted by atomic mass is 10.1. The summed E-state index contributed by atoms with van der Waals surface area (Å²) >= 11 is 0. The summed E-state index contributed by atoms with van der Waals surface area (Å²) < 4.78 is 0. The van der Waals surface area contributed by atoms with E-state index >= 15 is 0 Å². The van der Waals surface area contributed by atoms with Gasteiger partial charge in [-0.15, -0.1) is 0 Å². The van der Waals surface area contributed by atoms with Crippen LogP contribution in [0.1, 0.15) is 51.5 Å². The van der Waals surface area contributed by atoms with Crippen molar-refractivity contribution in [3.8, 4) is 6.07 Å². The van der Waals surface area contributed by atoms with Gasteiger partial charge in [0.1, 0.15) is 11.6 Å². The maximum atomic E-state index is 10.9. The molecule has 5 nitrogen and oxygen atoms in total. The van der Waals surface area contributed by atoms with E-state index in [4.69, 9.17) is 5.26 Å². The number of unbranched alkanes of at least 4 members (excludes halogenated alkanes) is 3. The van der Waals surface area contributed by atoms with Crippen LogP contribution in [0.25, 0.3) is 0 Å². The van der Waals surface area contributed by atoms with Crippen LogP contribution in [0, 0.1) is 21.4 Å². The van der Waals surface area contributed by atoms with Crippen LogP contribution in [0.4, 0.5) is 11.4 Å². The van der Waals surface area contributed by atoms with E-state index in [1.807, 2.05) is 6.07 Å². The van der Waals surface area contributed by atoms with Gasteiger partial charge in [0.05, 0.1) is 4.92 Å². The maximum Gasteiger partial charge on any atom is 0.289 e. The molecule has 5 heteroatoms. The van der Waals surface area contributed by atoms with Crippen LogP contribution in [0.3, 0.4) is 0 Å². The number of anilines is 1. The average molecular weight is 275 g/mol. The molecule has 1 rings (SSSR count). The molecule has 20 heavy (non-hydrogen) atoms. The SMILES string of the molecule is CCCCCCC(C)Nc1ccc(C#N)c([N+](=O)[O-])c1. The van der Waals surface area contributed by atoms with E-state index in [1.165, 1.54) is 31.4 Å². The fourth-order valence-electron chi connectivity index (χ4n) is 2.10. The standard InChI is InChI=1S/C15H21N3O2/c1-3-4-5-6-7-12(2)17-14-9-8-13(11-16)15(10-14)18(19)20/h8-10,12,17H,3-7H2,1-2H3. The zero-order valence-corrected chi connectivity index (χ0v) is 12.1. The first-order valence-corrected chi connectivity index (χ1v) is 7.03. The van der Waals surface area contributed by atoms with Gasteiger partial charge in [0.2, 0.25) is 0 Å². The molecule has 0 saturated heterocycles. The van der Waals surface area contributed by atoms with Crippen molar-refractivity contribution in [2.45, 2.75) is 52.0 Å². The molecule has 0 aliphatic heterocycles. The zero-order valence-electron chi connectivity index (χ0n) is 12.1. The molecule has 1 aromatic carbocycles. The van der Waals surface area contributed by atoms with Crippen molar-refractivity contribution in [1.29, 1.82) is 5.26 Å². The van der Waals surface area contributed by atoms with Gasteiger partial charge in [-0.2, -0.15) is 5.26 Å². The summed E-state index contributed by atoms with van der Waals surface area (Å²) in [5.74, 6) is 0. The largest absolute Gasteiger partial charge is 0.382 e. The second-order valence-electron chi connectivity index (χ2n) is 5.00. The van der Waals surface area contributed by atoms with Crippen LogP contribution >= 0.6 is 0 Å². The van der Waals surface area contributed by atoms with Crippen LogP contribution in [0.5, 0.6) is 0 Å². The first-order valence-electron chi connectivity index (χ1n) is 7.03. The van der Waals surface area contributed by atoms with Gasteiger partial charge in [0.25, 0.3) is 5.69 Å². The molecular formula is C15H21N3O2. The predicted octanol–water partition coefficient (Wildman–Crippen LogP) is 4.24. The third-order valence-corrected chi connectivity index (χ3v) is 3.22. The summed E-state index contributed by atoms with van der Waals surface area (Å²) in [6.45, 7) is 4.24. The first kappa shape index (κ1) is 16.0. The summed E-state index contributed by atoms with van der Waals surface area (Å²) in [5.41, 5.74) is 0.644. The van der Waals surface area contributed by atoms with E-state index in [0.717, 1.165) is 12.8 Å². The van der Waals surface area contributed by atoms with Crippen LogP contribution in [-0.4, -0.2) is 11.0 Å². The molecule has 0 heterocycles. The molecule has 0 aromatic heterocycles. The zero-order chi connectivity index (χ0) is 15.0. The number of nitro groups is 1. The molecule has 0 aliphatic rings. The summed E-state index contributed by atoms with van der Waals surface area (Å²) in [6, 6.07) is 6.74. The molecule has 0 radical (unpaired) electrons. The van der Waals surface area contributed by atoms with Gasteiger partial charge in [0.15, 0.2) is 0 Å². The molecule has 0 amide bonds. The second-order valence-corrected chi connectivity index (χ2v) is 5.00. The number of nitriles is 1. The number of benzene rings is 1. The molecule has 108 valence electrons. The Morgan fingerprint density at radius 3 is 2.75 bits per heavy atom. The summed E-state index contributed by atoms with van der Waals surface area (Å²) in [4.78, 5) is 10.4. The smallest absolute Gasteiger partial charge is 0.289 e. The molecule has 1 aromatic rings. The predicted molar refractivity (Wildman–Crippen MR) is 79.7 cm³/mol. The van der Waals surface area contributed by atoms with Crippen molar-refractivity contribution >= 4 is 11.4 Å². The van der Waals surface area contributed by atoms with Crippen molar-refractivity contribution in [3.05, 3.63) is 33.9 Å². The maximum absolute atomic E-state index is 10.9. The van der Waals surface area contributed by atoms with Crippen LogP contribution in [-0.2, 0) is 0 Å². The molecule has 1 atom stereocenters. The topological polar surface area (TPSA) is 79.0 Å². The van der Waals surface area contributed by atoms with E-state index in [1.54, 1.807) is 6.07 Å². The Kier molecular flexibility index (Phi) is 6.51. The third kappa shape index (κ3) is 4.88. The highest BCUT2D eigenvalue weighted by Gasteiger charge is 2.14. The first-order chi connectivity index (χ1) is 9.58. The Morgan fingerprint density at radius 2 is 2.15 bits per heavy atom. The number of rotatable bonds is 8. The van der Waals surface area contributed by atoms with E-state index in [0.29, 0.717) is 5.69 Å². The van der Waals surface area contributed by atoms with Crippen molar-refractivity contribution < 1.29 is 4.92 Å². The Hall–Kier alpha value is -2.09. The molecule has 1 N–H and O–H groups in total. The molecule has 1 unspecified atom stereocenters. The second kappa shape index (κ2) is 8.16. The van der Waals surface area contributed by atoms with Crippen molar-refractivity contribution in [3.63, 3.8) is 0 Å². The Balaban J connectivity index is 2.62. The lowest BCUT2D eigenvalue weighted by Gasteiger charge is -2.15. The summed E-state index contributed by atoms with van der Waals surface area (Å²) in [7, 11) is 0. The lowest BCUT2D eigenvalue weighted by Crippen LogP contribution is -2.15. The quantitative estimate of drug-likeness (QED) is 0.437. The van der Waals surface area contributed by atoms with Crippen molar-refractivity contribution in [1.82, 2.24) is 0 Å². The average Bonchev–Trinajstić information content (AvgIpc) is 2.43. The Bertz CT molecular complexity index is 494. The van der Waals surface area contributed by atoms with E-state index < -0.39 is 4.92 Å². The Morgan fingerprint density at radius 1 is 1.40 bits per heavy atom. The molecule has 0 fully saturated rings. The van der Waals surface area contributed by atoms with Gasteiger partial charge in [-0.05, 0) is 25.5 Å². The van der Waals surface area contributed by atoms with Gasteiger partial charge in [-0.25, -0.2) is 0 Å². The molecule has 0 aliphatic carbocycles. The van der Waals surface area contributed by atoms with E-state index in [9.17, 15) is 10.1 Å². The third-order valence-electron chi connectivity index (χ3n) is 3.22. The number of nitrogens with one attached hydrogen (secondary N) is 1. The monoisotopic (exact) mass is 275 g/mol. The van der Waals surface area contributed by atoms with Crippen LogP contribution in [0.2, 0.25) is 0 Å². The van der Waals surface area contributed by atoms with Crippen LogP contribution in [0.15, 0.2) is 18.2 Å².